The van der Waals surface area contributed by atoms with E-state index in [-0.39, 0.29) is 5.41 Å². The Balaban J connectivity index is 3.10. The summed E-state index contributed by atoms with van der Waals surface area (Å²) in [4.78, 5) is 4.10. The van der Waals surface area contributed by atoms with Crippen LogP contribution in [0.4, 0.5) is 5.69 Å². The summed E-state index contributed by atoms with van der Waals surface area (Å²) in [6.45, 7) is 5.93. The summed E-state index contributed by atoms with van der Waals surface area (Å²) in [6, 6.07) is 3.54. The molecule has 0 radical (unpaired) electrons. The molecule has 0 fully saturated rings. The Morgan fingerprint density at radius 2 is 2.08 bits per heavy atom. The van der Waals surface area contributed by atoms with Crippen LogP contribution in [-0.2, 0) is 0 Å². The molecule has 1 aromatic rings. The number of nitrogens with one attached hydrogen (secondary N) is 1. The van der Waals surface area contributed by atoms with Gasteiger partial charge in [-0.15, -0.1) is 0 Å². The molecule has 70 valence electrons. The summed E-state index contributed by atoms with van der Waals surface area (Å²) >= 11 is 0. The van der Waals surface area contributed by atoms with Gasteiger partial charge in [-0.3, -0.25) is 4.98 Å². The fraction of sp³-hybridized carbons (Fsp3) is 0.400. The molecule has 0 bridgehead atoms. The van der Waals surface area contributed by atoms with Crippen LogP contribution in [-0.4, -0.2) is 10.7 Å². The fourth-order valence-electron chi connectivity index (χ4n) is 0.982. The smallest absolute Gasteiger partial charge is 0.107 e. The molecule has 0 aliphatic heterocycles. The zero-order valence-electron chi connectivity index (χ0n) is 8.26. The number of rotatable bonds is 1. The molecule has 0 unspecified atom stereocenters. The molecule has 0 spiro atoms. The third-order valence-corrected chi connectivity index (χ3v) is 1.83. The standard InChI is InChI=1S/C10H15N3/c1-10(2,3)9(12)8-7(11)5-4-6-13-8/h4-6,12H,11H2,1-3H3. The van der Waals surface area contributed by atoms with Gasteiger partial charge in [0.15, 0.2) is 0 Å². The van der Waals surface area contributed by atoms with Gasteiger partial charge < -0.3 is 11.1 Å². The number of hydrogen-bond acceptors (Lipinski definition) is 3. The van der Waals surface area contributed by atoms with E-state index in [0.717, 1.165) is 0 Å². The van der Waals surface area contributed by atoms with Crippen LogP contribution in [0, 0.1) is 10.8 Å². The number of nitrogens with two attached hydrogens (primary N) is 1. The molecule has 0 saturated carbocycles. The van der Waals surface area contributed by atoms with Gasteiger partial charge in [-0.2, -0.15) is 0 Å². The predicted octanol–water partition coefficient (Wildman–Crippen LogP) is 2.08. The molecule has 0 saturated heterocycles. The zero-order chi connectivity index (χ0) is 10.1. The molecule has 3 N–H and O–H groups in total. The Hall–Kier alpha value is -1.38. The first-order valence-electron chi connectivity index (χ1n) is 4.23. The lowest BCUT2D eigenvalue weighted by Crippen LogP contribution is -2.22. The van der Waals surface area contributed by atoms with Gasteiger partial charge in [0.2, 0.25) is 0 Å². The van der Waals surface area contributed by atoms with E-state index in [1.165, 1.54) is 0 Å². The molecule has 0 atom stereocenters. The molecule has 1 rings (SSSR count). The van der Waals surface area contributed by atoms with Crippen LogP contribution < -0.4 is 5.73 Å². The number of hydrogen-bond donors (Lipinski definition) is 2. The highest BCUT2D eigenvalue weighted by atomic mass is 14.8. The minimum atomic E-state index is -0.206. The van der Waals surface area contributed by atoms with Gasteiger partial charge in [0.05, 0.1) is 11.4 Å². The van der Waals surface area contributed by atoms with Crippen molar-refractivity contribution in [2.75, 3.05) is 5.73 Å². The van der Waals surface area contributed by atoms with Gasteiger partial charge in [0.25, 0.3) is 0 Å². The Bertz CT molecular complexity index is 323. The number of anilines is 1. The number of nitrogen functional groups attached to an aromatic ring is 1. The second-order valence-electron chi connectivity index (χ2n) is 4.07. The molecule has 0 amide bonds. The molecule has 1 heterocycles. The number of pyridine rings is 1. The van der Waals surface area contributed by atoms with Gasteiger partial charge in [-0.1, -0.05) is 20.8 Å². The predicted molar refractivity (Wildman–Crippen MR) is 54.9 cm³/mol. The molecular weight excluding hydrogens is 162 g/mol. The van der Waals surface area contributed by atoms with Gasteiger partial charge in [0.1, 0.15) is 5.69 Å². The van der Waals surface area contributed by atoms with Gasteiger partial charge in [0, 0.05) is 11.6 Å². The lowest BCUT2D eigenvalue weighted by atomic mass is 9.87. The van der Waals surface area contributed by atoms with Gasteiger partial charge >= 0.3 is 0 Å². The van der Waals surface area contributed by atoms with Crippen molar-refractivity contribution >= 4 is 11.4 Å². The summed E-state index contributed by atoms with van der Waals surface area (Å²) < 4.78 is 0. The lowest BCUT2D eigenvalue weighted by molar-refractivity contribution is 0.587. The van der Waals surface area contributed by atoms with E-state index in [4.69, 9.17) is 11.1 Å². The normalized spacial score (nSPS) is 11.3. The van der Waals surface area contributed by atoms with E-state index >= 15 is 0 Å². The topological polar surface area (TPSA) is 62.8 Å². The van der Waals surface area contributed by atoms with Crippen LogP contribution in [0.2, 0.25) is 0 Å². The summed E-state index contributed by atoms with van der Waals surface area (Å²) in [5, 5.41) is 7.88. The number of nitrogens with zero attached hydrogens (tertiary/aromatic N) is 1. The number of aromatic nitrogens is 1. The van der Waals surface area contributed by atoms with E-state index < -0.39 is 0 Å². The Morgan fingerprint density at radius 3 is 2.54 bits per heavy atom. The van der Waals surface area contributed by atoms with Crippen LogP contribution in [0.25, 0.3) is 0 Å². The van der Waals surface area contributed by atoms with Crippen LogP contribution >= 0.6 is 0 Å². The third-order valence-electron chi connectivity index (χ3n) is 1.83. The van der Waals surface area contributed by atoms with Crippen molar-refractivity contribution in [1.82, 2.24) is 4.98 Å². The molecule has 13 heavy (non-hydrogen) atoms. The van der Waals surface area contributed by atoms with E-state index in [1.54, 1.807) is 18.3 Å². The Kier molecular flexibility index (Phi) is 2.36. The van der Waals surface area contributed by atoms with Crippen molar-refractivity contribution in [3.63, 3.8) is 0 Å². The minimum absolute atomic E-state index is 0.206. The van der Waals surface area contributed by atoms with Crippen LogP contribution in [0.15, 0.2) is 18.3 Å². The second kappa shape index (κ2) is 3.17. The van der Waals surface area contributed by atoms with Crippen molar-refractivity contribution in [3.8, 4) is 0 Å². The zero-order valence-corrected chi connectivity index (χ0v) is 8.26. The first-order valence-corrected chi connectivity index (χ1v) is 4.23. The van der Waals surface area contributed by atoms with Gasteiger partial charge in [-0.25, -0.2) is 0 Å². The summed E-state index contributed by atoms with van der Waals surface area (Å²) in [5.41, 5.74) is 7.15. The maximum atomic E-state index is 7.88. The molecule has 3 nitrogen and oxygen atoms in total. The van der Waals surface area contributed by atoms with E-state index in [0.29, 0.717) is 17.1 Å². The average Bonchev–Trinajstić information content (AvgIpc) is 2.02. The quantitative estimate of drug-likeness (QED) is 0.645. The molecular formula is C10H15N3. The summed E-state index contributed by atoms with van der Waals surface area (Å²) in [6.07, 6.45) is 1.66. The third kappa shape index (κ3) is 2.05. The molecule has 0 aliphatic carbocycles. The fourth-order valence-corrected chi connectivity index (χ4v) is 0.982. The first kappa shape index (κ1) is 9.71. The Morgan fingerprint density at radius 1 is 1.46 bits per heavy atom. The molecule has 1 aromatic heterocycles. The highest BCUT2D eigenvalue weighted by Gasteiger charge is 2.21. The van der Waals surface area contributed by atoms with E-state index in [2.05, 4.69) is 4.98 Å². The monoisotopic (exact) mass is 177 g/mol. The van der Waals surface area contributed by atoms with Crippen molar-refractivity contribution < 1.29 is 0 Å². The Labute approximate surface area is 78.5 Å². The average molecular weight is 177 g/mol. The maximum Gasteiger partial charge on any atom is 0.107 e. The first-order chi connectivity index (χ1) is 5.93. The largest absolute Gasteiger partial charge is 0.397 e. The van der Waals surface area contributed by atoms with Crippen molar-refractivity contribution in [2.45, 2.75) is 20.8 Å². The molecule has 0 aromatic carbocycles. The second-order valence-corrected chi connectivity index (χ2v) is 4.07. The lowest BCUT2D eigenvalue weighted by Gasteiger charge is -2.19. The summed E-state index contributed by atoms with van der Waals surface area (Å²) in [5.74, 6) is 0. The van der Waals surface area contributed by atoms with Crippen molar-refractivity contribution in [3.05, 3.63) is 24.0 Å². The highest BCUT2D eigenvalue weighted by Crippen LogP contribution is 2.22. The maximum absolute atomic E-state index is 7.88. The summed E-state index contributed by atoms with van der Waals surface area (Å²) in [7, 11) is 0. The van der Waals surface area contributed by atoms with Crippen LogP contribution in [0.1, 0.15) is 26.5 Å². The van der Waals surface area contributed by atoms with Crippen molar-refractivity contribution in [2.24, 2.45) is 5.41 Å². The highest BCUT2D eigenvalue weighted by molar-refractivity contribution is 6.03. The van der Waals surface area contributed by atoms with Gasteiger partial charge in [-0.05, 0) is 12.1 Å². The van der Waals surface area contributed by atoms with Crippen LogP contribution in [0.5, 0.6) is 0 Å². The molecule has 0 aliphatic rings. The van der Waals surface area contributed by atoms with E-state index in [1.807, 2.05) is 20.8 Å². The molecule has 3 heteroatoms. The van der Waals surface area contributed by atoms with Crippen LogP contribution in [0.3, 0.4) is 0 Å². The van der Waals surface area contributed by atoms with E-state index in [9.17, 15) is 0 Å². The van der Waals surface area contributed by atoms with Crippen molar-refractivity contribution in [1.29, 1.82) is 5.41 Å². The SMILES string of the molecule is CC(C)(C)C(=N)c1ncccc1N. The minimum Gasteiger partial charge on any atom is -0.397 e.